The number of halogens is 3. The maximum absolute atomic E-state index is 9.25. The molecule has 1 heterocycles. The third-order valence-electron chi connectivity index (χ3n) is 2.27. The van der Waals surface area contributed by atoms with Crippen molar-refractivity contribution in [2.75, 3.05) is 0 Å². The van der Waals surface area contributed by atoms with Crippen LogP contribution in [0.4, 0.5) is 0 Å². The topological polar surface area (TPSA) is 23.8 Å². The molecule has 5 heteroatoms. The number of nitrogens with zero attached hydrogens (tertiary/aromatic N) is 1. The highest BCUT2D eigenvalue weighted by molar-refractivity contribution is 9.10. The van der Waals surface area contributed by atoms with Crippen LogP contribution in [0, 0.1) is 11.3 Å². The number of hydrogen-bond donors (Lipinski definition) is 0. The van der Waals surface area contributed by atoms with Gasteiger partial charge in [0.25, 0.3) is 0 Å². The Labute approximate surface area is 127 Å². The van der Waals surface area contributed by atoms with Crippen LogP contribution in [0.2, 0.25) is 5.02 Å². The first-order chi connectivity index (χ1) is 8.63. The summed E-state index contributed by atoms with van der Waals surface area (Å²) in [5.74, 6) is 0. The summed E-state index contributed by atoms with van der Waals surface area (Å²) in [4.78, 5) is 0.851. The molecule has 1 aromatic carbocycles. The summed E-state index contributed by atoms with van der Waals surface area (Å²) in [6, 6.07) is 11.2. The van der Waals surface area contributed by atoms with Crippen LogP contribution < -0.4 is 0 Å². The van der Waals surface area contributed by atoms with E-state index in [0.29, 0.717) is 15.6 Å². The van der Waals surface area contributed by atoms with Crippen molar-refractivity contribution >= 4 is 61.1 Å². The number of nitriles is 1. The van der Waals surface area contributed by atoms with Gasteiger partial charge in [-0.05, 0) is 23.6 Å². The fourth-order valence-electron chi connectivity index (χ4n) is 1.44. The molecular formula is C13H6BrCl2NS. The first-order valence-corrected chi connectivity index (χ1v) is 7.35. The molecule has 0 aliphatic rings. The van der Waals surface area contributed by atoms with Crippen LogP contribution >= 0.6 is 50.5 Å². The third-order valence-corrected chi connectivity index (χ3v) is 4.44. The summed E-state index contributed by atoms with van der Waals surface area (Å²) in [7, 11) is 0. The van der Waals surface area contributed by atoms with Crippen molar-refractivity contribution in [2.24, 2.45) is 0 Å². The van der Waals surface area contributed by atoms with Crippen LogP contribution in [0.15, 0.2) is 40.2 Å². The molecule has 2 rings (SSSR count). The Morgan fingerprint density at radius 3 is 2.67 bits per heavy atom. The lowest BCUT2D eigenvalue weighted by molar-refractivity contribution is 1.53. The molecule has 18 heavy (non-hydrogen) atoms. The Morgan fingerprint density at radius 2 is 2.11 bits per heavy atom. The third kappa shape index (κ3) is 2.78. The van der Waals surface area contributed by atoms with Crippen LogP contribution in [0.25, 0.3) is 10.6 Å². The molecule has 1 nitrogen and oxygen atoms in total. The molecule has 0 bridgehead atoms. The average Bonchev–Trinajstić information content (AvgIpc) is 2.83. The van der Waals surface area contributed by atoms with Crippen LogP contribution in [-0.4, -0.2) is 0 Å². The summed E-state index contributed by atoms with van der Waals surface area (Å²) in [5.41, 5.74) is 1.22. The van der Waals surface area contributed by atoms with E-state index in [0.717, 1.165) is 14.9 Å². The average molecular weight is 359 g/mol. The van der Waals surface area contributed by atoms with Gasteiger partial charge in [-0.2, -0.15) is 5.26 Å². The minimum absolute atomic E-state index is 0.420. The predicted octanol–water partition coefficient (Wildman–Crippen LogP) is 5.79. The van der Waals surface area contributed by atoms with Crippen LogP contribution in [0.3, 0.4) is 0 Å². The lowest BCUT2D eigenvalue weighted by Gasteiger charge is -2.05. The Kier molecular flexibility index (Phi) is 4.47. The Hall–Kier alpha value is -0.790. The summed E-state index contributed by atoms with van der Waals surface area (Å²) >= 11 is 17.1. The summed E-state index contributed by atoms with van der Waals surface area (Å²) in [6.45, 7) is 0. The minimum Gasteiger partial charge on any atom is -0.192 e. The van der Waals surface area contributed by atoms with E-state index in [1.807, 2.05) is 17.5 Å². The first kappa shape index (κ1) is 13.6. The number of benzene rings is 1. The number of rotatable bonds is 2. The zero-order chi connectivity index (χ0) is 13.1. The van der Waals surface area contributed by atoms with Gasteiger partial charge in [0.15, 0.2) is 0 Å². The minimum atomic E-state index is 0.420. The Morgan fingerprint density at radius 1 is 1.33 bits per heavy atom. The molecule has 0 aliphatic heterocycles. The standard InChI is InChI=1S/C13H6BrCl2NS/c14-11-6-8(15)3-4-9(11)13(16)10(7-17)12-2-1-5-18-12/h1-6H/b13-10-. The van der Waals surface area contributed by atoms with Crippen molar-refractivity contribution in [3.8, 4) is 6.07 Å². The van der Waals surface area contributed by atoms with Gasteiger partial charge in [-0.15, -0.1) is 11.3 Å². The first-order valence-electron chi connectivity index (χ1n) is 4.92. The Balaban J connectivity index is 2.58. The molecule has 0 spiro atoms. The number of hydrogen-bond acceptors (Lipinski definition) is 2. The highest BCUT2D eigenvalue weighted by atomic mass is 79.9. The fraction of sp³-hybridized carbons (Fsp3) is 0. The molecule has 0 fully saturated rings. The molecule has 90 valence electrons. The van der Waals surface area contributed by atoms with E-state index in [2.05, 4.69) is 22.0 Å². The van der Waals surface area contributed by atoms with E-state index in [1.165, 1.54) is 11.3 Å². The fourth-order valence-corrected chi connectivity index (χ4v) is 3.52. The second kappa shape index (κ2) is 5.90. The number of allylic oxidation sites excluding steroid dienone is 1. The molecule has 0 radical (unpaired) electrons. The van der Waals surface area contributed by atoms with Crippen LogP contribution in [-0.2, 0) is 0 Å². The second-order valence-corrected chi connectivity index (χ2v) is 6.02. The molecule has 0 unspecified atom stereocenters. The SMILES string of the molecule is N#C/C(=C(/Cl)c1ccc(Cl)cc1Br)c1cccs1. The van der Waals surface area contributed by atoms with E-state index >= 15 is 0 Å². The molecule has 0 saturated carbocycles. The molecule has 0 atom stereocenters. The molecule has 1 aromatic heterocycles. The highest BCUT2D eigenvalue weighted by Crippen LogP contribution is 2.36. The monoisotopic (exact) mass is 357 g/mol. The van der Waals surface area contributed by atoms with E-state index < -0.39 is 0 Å². The van der Waals surface area contributed by atoms with Crippen molar-refractivity contribution < 1.29 is 0 Å². The zero-order valence-electron chi connectivity index (χ0n) is 8.95. The van der Waals surface area contributed by atoms with Crippen molar-refractivity contribution in [3.05, 3.63) is 55.6 Å². The van der Waals surface area contributed by atoms with Gasteiger partial charge in [0.1, 0.15) is 6.07 Å². The lowest BCUT2D eigenvalue weighted by Crippen LogP contribution is -1.85. The van der Waals surface area contributed by atoms with Crippen LogP contribution in [0.1, 0.15) is 10.4 Å². The zero-order valence-corrected chi connectivity index (χ0v) is 12.9. The maximum atomic E-state index is 9.25. The van der Waals surface area contributed by atoms with Crippen molar-refractivity contribution in [1.29, 1.82) is 5.26 Å². The van der Waals surface area contributed by atoms with Crippen molar-refractivity contribution in [1.82, 2.24) is 0 Å². The van der Waals surface area contributed by atoms with Gasteiger partial charge in [-0.1, -0.05) is 51.3 Å². The van der Waals surface area contributed by atoms with Crippen LogP contribution in [0.5, 0.6) is 0 Å². The van der Waals surface area contributed by atoms with Gasteiger partial charge < -0.3 is 0 Å². The predicted molar refractivity (Wildman–Crippen MR) is 81.8 cm³/mol. The normalized spacial score (nSPS) is 11.9. The summed E-state index contributed by atoms with van der Waals surface area (Å²) in [6.07, 6.45) is 0. The quantitative estimate of drug-likeness (QED) is 0.623. The van der Waals surface area contributed by atoms with Gasteiger partial charge in [-0.25, -0.2) is 0 Å². The smallest absolute Gasteiger partial charge is 0.102 e. The largest absolute Gasteiger partial charge is 0.192 e. The molecular weight excluding hydrogens is 353 g/mol. The molecule has 0 N–H and O–H groups in total. The van der Waals surface area contributed by atoms with E-state index in [1.54, 1.807) is 18.2 Å². The molecule has 0 aliphatic carbocycles. The van der Waals surface area contributed by atoms with Crippen molar-refractivity contribution in [2.45, 2.75) is 0 Å². The maximum Gasteiger partial charge on any atom is 0.102 e. The molecule has 2 aromatic rings. The van der Waals surface area contributed by atoms with Gasteiger partial charge in [-0.3, -0.25) is 0 Å². The summed E-state index contributed by atoms with van der Waals surface area (Å²) < 4.78 is 0.768. The van der Waals surface area contributed by atoms with Gasteiger partial charge in [0.2, 0.25) is 0 Å². The van der Waals surface area contributed by atoms with Gasteiger partial charge in [0, 0.05) is 19.9 Å². The summed E-state index contributed by atoms with van der Waals surface area (Å²) in [5, 5.41) is 12.2. The lowest BCUT2D eigenvalue weighted by atomic mass is 10.1. The van der Waals surface area contributed by atoms with E-state index in [4.69, 9.17) is 23.2 Å². The number of thiophene rings is 1. The van der Waals surface area contributed by atoms with Gasteiger partial charge >= 0.3 is 0 Å². The Bertz CT molecular complexity index is 642. The van der Waals surface area contributed by atoms with Gasteiger partial charge in [0.05, 0.1) is 10.6 Å². The van der Waals surface area contributed by atoms with Crippen molar-refractivity contribution in [3.63, 3.8) is 0 Å². The molecule has 0 saturated heterocycles. The highest BCUT2D eigenvalue weighted by Gasteiger charge is 2.13. The van der Waals surface area contributed by atoms with E-state index in [9.17, 15) is 5.26 Å². The molecule has 0 amide bonds. The van der Waals surface area contributed by atoms with E-state index in [-0.39, 0.29) is 0 Å². The second-order valence-electron chi connectivity index (χ2n) is 3.40.